The van der Waals surface area contributed by atoms with Crippen molar-refractivity contribution in [2.24, 2.45) is 0 Å². The Morgan fingerprint density at radius 1 is 1.50 bits per heavy atom. The molecule has 1 aliphatic heterocycles. The van der Waals surface area contributed by atoms with Gasteiger partial charge < -0.3 is 10.1 Å². The predicted octanol–water partition coefficient (Wildman–Crippen LogP) is 1.53. The first kappa shape index (κ1) is 11.1. The highest BCUT2D eigenvalue weighted by Crippen LogP contribution is 2.21. The summed E-state index contributed by atoms with van der Waals surface area (Å²) in [5.74, 6) is 0.504. The van der Waals surface area contributed by atoms with Crippen molar-refractivity contribution in [1.29, 1.82) is 0 Å². The van der Waals surface area contributed by atoms with E-state index in [2.05, 4.69) is 15.5 Å². The third-order valence-electron chi connectivity index (χ3n) is 3.02. The number of H-pyrrole nitrogens is 1. The van der Waals surface area contributed by atoms with Gasteiger partial charge in [0.15, 0.2) is 5.82 Å². The van der Waals surface area contributed by atoms with Crippen LogP contribution >= 0.6 is 0 Å². The number of amides is 1. The summed E-state index contributed by atoms with van der Waals surface area (Å²) >= 11 is 0. The fourth-order valence-corrected chi connectivity index (χ4v) is 1.80. The standard InChI is InChI=1S/C11H17N3O2/c1-6-4-5-9(16-6)11(15)12-10-7(2)8(3)13-14-10/h6,9H,4-5H2,1-3H3,(H2,12,13,14,15). The molecule has 1 fully saturated rings. The van der Waals surface area contributed by atoms with Crippen LogP contribution in [0.1, 0.15) is 31.0 Å². The molecule has 16 heavy (non-hydrogen) atoms. The molecule has 2 atom stereocenters. The second kappa shape index (κ2) is 4.25. The fraction of sp³-hybridized carbons (Fsp3) is 0.636. The van der Waals surface area contributed by atoms with Gasteiger partial charge >= 0.3 is 0 Å². The molecule has 5 heteroatoms. The van der Waals surface area contributed by atoms with Crippen LogP contribution in [0, 0.1) is 13.8 Å². The van der Waals surface area contributed by atoms with Gasteiger partial charge in [0.1, 0.15) is 6.10 Å². The molecule has 0 aromatic carbocycles. The highest BCUT2D eigenvalue weighted by Gasteiger charge is 2.28. The molecule has 0 bridgehead atoms. The van der Waals surface area contributed by atoms with Crippen LogP contribution in [0.25, 0.3) is 0 Å². The number of ether oxygens (including phenoxy) is 1. The van der Waals surface area contributed by atoms with E-state index < -0.39 is 0 Å². The molecular formula is C11H17N3O2. The maximum absolute atomic E-state index is 11.8. The zero-order valence-corrected chi connectivity index (χ0v) is 9.83. The topological polar surface area (TPSA) is 67.0 Å². The van der Waals surface area contributed by atoms with Crippen molar-refractivity contribution in [2.45, 2.75) is 45.8 Å². The van der Waals surface area contributed by atoms with E-state index >= 15 is 0 Å². The second-order valence-electron chi connectivity index (χ2n) is 4.32. The first-order chi connectivity index (χ1) is 7.58. The molecule has 1 aromatic rings. The highest BCUT2D eigenvalue weighted by molar-refractivity contribution is 5.94. The van der Waals surface area contributed by atoms with Gasteiger partial charge in [0, 0.05) is 11.3 Å². The molecule has 1 amide bonds. The number of nitrogens with one attached hydrogen (secondary N) is 2. The minimum atomic E-state index is -0.327. The molecule has 2 unspecified atom stereocenters. The Bertz CT molecular complexity index is 400. The number of carbonyl (C=O) groups is 1. The summed E-state index contributed by atoms with van der Waals surface area (Å²) < 4.78 is 5.49. The maximum Gasteiger partial charge on any atom is 0.254 e. The van der Waals surface area contributed by atoms with Gasteiger partial charge in [0.05, 0.1) is 6.10 Å². The molecule has 0 radical (unpaired) electrons. The summed E-state index contributed by atoms with van der Waals surface area (Å²) in [6.45, 7) is 5.83. The number of hydrogen-bond donors (Lipinski definition) is 2. The van der Waals surface area contributed by atoms with Gasteiger partial charge in [-0.15, -0.1) is 0 Å². The zero-order chi connectivity index (χ0) is 11.7. The Hall–Kier alpha value is -1.36. The minimum Gasteiger partial charge on any atom is -0.365 e. The van der Waals surface area contributed by atoms with E-state index in [4.69, 9.17) is 4.74 Å². The monoisotopic (exact) mass is 223 g/mol. The lowest BCUT2D eigenvalue weighted by Gasteiger charge is -2.10. The lowest BCUT2D eigenvalue weighted by Crippen LogP contribution is -2.28. The normalized spacial score (nSPS) is 24.7. The van der Waals surface area contributed by atoms with E-state index in [0.717, 1.165) is 24.1 Å². The molecule has 1 aliphatic rings. The SMILES string of the molecule is Cc1[nH]nc(NC(=O)C2CCC(C)O2)c1C. The Kier molecular flexibility index (Phi) is 2.96. The van der Waals surface area contributed by atoms with Crippen molar-refractivity contribution in [3.8, 4) is 0 Å². The number of carbonyl (C=O) groups excluding carboxylic acids is 1. The lowest BCUT2D eigenvalue weighted by molar-refractivity contribution is -0.126. The summed E-state index contributed by atoms with van der Waals surface area (Å²) in [6, 6.07) is 0. The van der Waals surface area contributed by atoms with Crippen LogP contribution in [-0.4, -0.2) is 28.3 Å². The highest BCUT2D eigenvalue weighted by atomic mass is 16.5. The van der Waals surface area contributed by atoms with Crippen LogP contribution in [0.4, 0.5) is 5.82 Å². The summed E-state index contributed by atoms with van der Waals surface area (Å²) in [7, 11) is 0. The third-order valence-corrected chi connectivity index (χ3v) is 3.02. The third kappa shape index (κ3) is 2.09. The number of aromatic nitrogens is 2. The molecule has 0 aliphatic carbocycles. The van der Waals surface area contributed by atoms with Crippen molar-refractivity contribution < 1.29 is 9.53 Å². The Balaban J connectivity index is 2.00. The Morgan fingerprint density at radius 3 is 2.75 bits per heavy atom. The first-order valence-corrected chi connectivity index (χ1v) is 5.56. The summed E-state index contributed by atoms with van der Waals surface area (Å²) in [6.07, 6.45) is 1.58. The van der Waals surface area contributed by atoms with Gasteiger partial charge in [-0.3, -0.25) is 9.89 Å². The largest absolute Gasteiger partial charge is 0.365 e. The van der Waals surface area contributed by atoms with Crippen LogP contribution in [0.3, 0.4) is 0 Å². The van der Waals surface area contributed by atoms with Crippen LogP contribution in [0.5, 0.6) is 0 Å². The van der Waals surface area contributed by atoms with Gasteiger partial charge in [-0.1, -0.05) is 0 Å². The smallest absolute Gasteiger partial charge is 0.254 e. The summed E-state index contributed by atoms with van der Waals surface area (Å²) in [5, 5.41) is 9.66. The fourth-order valence-electron chi connectivity index (χ4n) is 1.80. The van der Waals surface area contributed by atoms with Crippen molar-refractivity contribution >= 4 is 11.7 Å². The van der Waals surface area contributed by atoms with Gasteiger partial charge in [0.25, 0.3) is 5.91 Å². The number of aromatic amines is 1. The number of rotatable bonds is 2. The molecule has 1 saturated heterocycles. The van der Waals surface area contributed by atoms with Gasteiger partial charge in [-0.2, -0.15) is 5.10 Å². The zero-order valence-electron chi connectivity index (χ0n) is 9.83. The number of nitrogens with zero attached hydrogens (tertiary/aromatic N) is 1. The van der Waals surface area contributed by atoms with E-state index in [1.165, 1.54) is 0 Å². The Labute approximate surface area is 94.6 Å². The number of hydrogen-bond acceptors (Lipinski definition) is 3. The van der Waals surface area contributed by atoms with E-state index in [9.17, 15) is 4.79 Å². The summed E-state index contributed by atoms with van der Waals surface area (Å²) in [5.41, 5.74) is 1.94. The van der Waals surface area contributed by atoms with Crippen LogP contribution in [0.15, 0.2) is 0 Å². The molecular weight excluding hydrogens is 206 g/mol. The first-order valence-electron chi connectivity index (χ1n) is 5.56. The van der Waals surface area contributed by atoms with E-state index in [0.29, 0.717) is 5.82 Å². The van der Waals surface area contributed by atoms with E-state index in [1.807, 2.05) is 20.8 Å². The van der Waals surface area contributed by atoms with Crippen LogP contribution in [0.2, 0.25) is 0 Å². The molecule has 2 N–H and O–H groups in total. The maximum atomic E-state index is 11.8. The molecule has 2 rings (SSSR count). The summed E-state index contributed by atoms with van der Waals surface area (Å²) in [4.78, 5) is 11.8. The van der Waals surface area contributed by atoms with Crippen molar-refractivity contribution in [1.82, 2.24) is 10.2 Å². The van der Waals surface area contributed by atoms with Crippen LogP contribution in [-0.2, 0) is 9.53 Å². The average molecular weight is 223 g/mol. The van der Waals surface area contributed by atoms with Crippen molar-refractivity contribution in [3.05, 3.63) is 11.3 Å². The molecule has 2 heterocycles. The molecule has 0 saturated carbocycles. The molecule has 5 nitrogen and oxygen atoms in total. The van der Waals surface area contributed by atoms with E-state index in [-0.39, 0.29) is 18.1 Å². The molecule has 1 aromatic heterocycles. The van der Waals surface area contributed by atoms with Crippen molar-refractivity contribution in [2.75, 3.05) is 5.32 Å². The molecule has 0 spiro atoms. The second-order valence-corrected chi connectivity index (χ2v) is 4.32. The quantitative estimate of drug-likeness (QED) is 0.799. The van der Waals surface area contributed by atoms with Gasteiger partial charge in [-0.25, -0.2) is 0 Å². The number of aryl methyl sites for hydroxylation is 1. The van der Waals surface area contributed by atoms with Gasteiger partial charge in [0.2, 0.25) is 0 Å². The van der Waals surface area contributed by atoms with Gasteiger partial charge in [-0.05, 0) is 33.6 Å². The van der Waals surface area contributed by atoms with E-state index in [1.54, 1.807) is 0 Å². The van der Waals surface area contributed by atoms with Crippen molar-refractivity contribution in [3.63, 3.8) is 0 Å². The van der Waals surface area contributed by atoms with Crippen LogP contribution < -0.4 is 5.32 Å². The average Bonchev–Trinajstić information content (AvgIpc) is 2.79. The minimum absolute atomic E-state index is 0.0982. The lowest BCUT2D eigenvalue weighted by atomic mass is 10.2. The molecule has 88 valence electrons. The Morgan fingerprint density at radius 2 is 2.25 bits per heavy atom. The number of anilines is 1. The predicted molar refractivity (Wildman–Crippen MR) is 60.3 cm³/mol.